The van der Waals surface area contributed by atoms with Crippen molar-refractivity contribution in [2.75, 3.05) is 25.0 Å². The molecular weight excluding hydrogens is 368 g/mol. The van der Waals surface area contributed by atoms with Crippen LogP contribution in [-0.2, 0) is 6.54 Å². The molecule has 1 aromatic carbocycles. The van der Waals surface area contributed by atoms with Gasteiger partial charge in [-0.05, 0) is 37.1 Å². The minimum Gasteiger partial charge on any atom is -0.337 e. The van der Waals surface area contributed by atoms with E-state index in [0.717, 1.165) is 36.5 Å². The summed E-state index contributed by atoms with van der Waals surface area (Å²) in [4.78, 5) is 27.1. The van der Waals surface area contributed by atoms with Crippen LogP contribution in [0.3, 0.4) is 0 Å². The molecule has 0 N–H and O–H groups in total. The predicted octanol–water partition coefficient (Wildman–Crippen LogP) is 3.30. The van der Waals surface area contributed by atoms with E-state index >= 15 is 0 Å². The first-order chi connectivity index (χ1) is 14.2. The lowest BCUT2D eigenvalue weighted by molar-refractivity contribution is 0.183. The van der Waals surface area contributed by atoms with Gasteiger partial charge in [-0.1, -0.05) is 23.4 Å². The summed E-state index contributed by atoms with van der Waals surface area (Å²) in [5, 5.41) is 4.06. The molecular formula is C21H22N6O2. The fourth-order valence-corrected chi connectivity index (χ4v) is 3.57. The van der Waals surface area contributed by atoms with Crippen molar-refractivity contribution in [1.29, 1.82) is 0 Å². The van der Waals surface area contributed by atoms with Gasteiger partial charge in [0.25, 0.3) is 0 Å². The second-order valence-corrected chi connectivity index (χ2v) is 7.44. The minimum atomic E-state index is 0.0715. The Labute approximate surface area is 168 Å². The van der Waals surface area contributed by atoms with Crippen LogP contribution >= 0.6 is 0 Å². The quantitative estimate of drug-likeness (QED) is 0.643. The third-order valence-electron chi connectivity index (χ3n) is 5.40. The standard InChI is InChI=1S/C21H22N6O2/c1-25(16-5-3-2-4-6-16)18-10-7-15(13-22-18)20-23-19(29-24-20)14-26-11-12-27(21(26)28)17-8-9-17/h2-7,10,13,17H,8-9,11-12,14H2,1H3. The summed E-state index contributed by atoms with van der Waals surface area (Å²) in [6.45, 7) is 1.83. The number of nitrogens with zero attached hydrogens (tertiary/aromatic N) is 6. The lowest BCUT2D eigenvalue weighted by atomic mass is 10.2. The highest BCUT2D eigenvalue weighted by Crippen LogP contribution is 2.30. The second-order valence-electron chi connectivity index (χ2n) is 7.44. The maximum Gasteiger partial charge on any atom is 0.320 e. The molecule has 0 unspecified atom stereocenters. The molecule has 148 valence electrons. The number of anilines is 2. The lowest BCUT2D eigenvalue weighted by Gasteiger charge is -2.18. The maximum atomic E-state index is 12.4. The summed E-state index contributed by atoms with van der Waals surface area (Å²) in [6, 6.07) is 14.4. The van der Waals surface area contributed by atoms with Crippen LogP contribution in [-0.4, -0.2) is 57.1 Å². The van der Waals surface area contributed by atoms with Gasteiger partial charge in [0.15, 0.2) is 0 Å². The second kappa shape index (κ2) is 7.20. The van der Waals surface area contributed by atoms with Crippen LogP contribution in [0.1, 0.15) is 18.7 Å². The number of carbonyl (C=O) groups is 1. The average Bonchev–Trinajstić information content (AvgIpc) is 3.39. The molecule has 8 heteroatoms. The van der Waals surface area contributed by atoms with Crippen molar-refractivity contribution in [3.63, 3.8) is 0 Å². The van der Waals surface area contributed by atoms with Crippen LogP contribution in [0, 0.1) is 0 Å². The van der Waals surface area contributed by atoms with Crippen molar-refractivity contribution in [3.8, 4) is 11.4 Å². The van der Waals surface area contributed by atoms with Gasteiger partial charge in [-0.15, -0.1) is 0 Å². The smallest absolute Gasteiger partial charge is 0.320 e. The third kappa shape index (κ3) is 3.53. The first-order valence-corrected chi connectivity index (χ1v) is 9.82. The summed E-state index contributed by atoms with van der Waals surface area (Å²) in [7, 11) is 1.97. The van der Waals surface area contributed by atoms with Crippen LogP contribution in [0.4, 0.5) is 16.3 Å². The van der Waals surface area contributed by atoms with Gasteiger partial charge in [0, 0.05) is 43.6 Å². The molecule has 1 aliphatic carbocycles. The van der Waals surface area contributed by atoms with E-state index in [4.69, 9.17) is 4.52 Å². The van der Waals surface area contributed by atoms with Gasteiger partial charge in [0.2, 0.25) is 11.7 Å². The molecule has 0 radical (unpaired) electrons. The minimum absolute atomic E-state index is 0.0715. The molecule has 5 rings (SSSR count). The molecule has 2 aromatic heterocycles. The zero-order chi connectivity index (χ0) is 19.8. The van der Waals surface area contributed by atoms with Crippen molar-refractivity contribution in [2.24, 2.45) is 0 Å². The van der Waals surface area contributed by atoms with E-state index in [1.165, 1.54) is 0 Å². The van der Waals surface area contributed by atoms with Gasteiger partial charge in [-0.25, -0.2) is 9.78 Å². The molecule has 0 spiro atoms. The monoisotopic (exact) mass is 390 g/mol. The van der Waals surface area contributed by atoms with Crippen molar-refractivity contribution in [1.82, 2.24) is 24.9 Å². The molecule has 1 aliphatic heterocycles. The molecule has 3 aromatic rings. The summed E-state index contributed by atoms with van der Waals surface area (Å²) in [5.41, 5.74) is 1.84. The Bertz CT molecular complexity index is 1000. The zero-order valence-electron chi connectivity index (χ0n) is 16.2. The number of aromatic nitrogens is 3. The summed E-state index contributed by atoms with van der Waals surface area (Å²) >= 11 is 0. The summed E-state index contributed by atoms with van der Waals surface area (Å²) in [6.07, 6.45) is 3.97. The fraction of sp³-hybridized carbons (Fsp3) is 0.333. The van der Waals surface area contributed by atoms with E-state index in [2.05, 4.69) is 15.1 Å². The highest BCUT2D eigenvalue weighted by molar-refractivity contribution is 5.77. The number of carbonyl (C=O) groups excluding carboxylic acids is 1. The van der Waals surface area contributed by atoms with E-state index in [0.29, 0.717) is 30.8 Å². The maximum absolute atomic E-state index is 12.4. The number of rotatable bonds is 6. The Balaban J connectivity index is 1.26. The number of urea groups is 1. The van der Waals surface area contributed by atoms with Crippen molar-refractivity contribution >= 4 is 17.5 Å². The highest BCUT2D eigenvalue weighted by Gasteiger charge is 2.39. The Morgan fingerprint density at radius 3 is 2.69 bits per heavy atom. The molecule has 0 atom stereocenters. The molecule has 1 saturated carbocycles. The molecule has 0 bridgehead atoms. The van der Waals surface area contributed by atoms with Crippen molar-refractivity contribution < 1.29 is 9.32 Å². The summed E-state index contributed by atoms with van der Waals surface area (Å²) < 4.78 is 5.38. The van der Waals surface area contributed by atoms with Gasteiger partial charge in [-0.2, -0.15) is 4.98 Å². The van der Waals surface area contributed by atoms with E-state index in [1.54, 1.807) is 11.1 Å². The van der Waals surface area contributed by atoms with Crippen LogP contribution in [0.5, 0.6) is 0 Å². The van der Waals surface area contributed by atoms with Gasteiger partial charge in [0.05, 0.1) is 0 Å². The number of para-hydroxylation sites is 1. The van der Waals surface area contributed by atoms with Crippen LogP contribution < -0.4 is 4.90 Å². The number of amides is 2. The normalized spacial score (nSPS) is 16.5. The molecule has 1 saturated heterocycles. The SMILES string of the molecule is CN(c1ccccc1)c1ccc(-c2noc(CN3CCN(C4CC4)C3=O)n2)cn1. The average molecular weight is 390 g/mol. The fourth-order valence-electron chi connectivity index (χ4n) is 3.57. The Hall–Kier alpha value is -3.42. The Kier molecular flexibility index (Phi) is 4.38. The number of hydrogen-bond donors (Lipinski definition) is 0. The topological polar surface area (TPSA) is 78.6 Å². The number of hydrogen-bond acceptors (Lipinski definition) is 6. The Morgan fingerprint density at radius 2 is 1.97 bits per heavy atom. The number of benzene rings is 1. The lowest BCUT2D eigenvalue weighted by Crippen LogP contribution is -2.32. The van der Waals surface area contributed by atoms with Gasteiger partial charge < -0.3 is 19.2 Å². The van der Waals surface area contributed by atoms with Gasteiger partial charge >= 0.3 is 6.03 Å². The highest BCUT2D eigenvalue weighted by atomic mass is 16.5. The first-order valence-electron chi connectivity index (χ1n) is 9.82. The van der Waals surface area contributed by atoms with E-state index in [-0.39, 0.29) is 6.03 Å². The zero-order valence-corrected chi connectivity index (χ0v) is 16.2. The predicted molar refractivity (Wildman–Crippen MR) is 108 cm³/mol. The van der Waals surface area contributed by atoms with E-state index in [1.807, 2.05) is 59.3 Å². The van der Waals surface area contributed by atoms with Gasteiger partial charge in [-0.3, -0.25) is 0 Å². The largest absolute Gasteiger partial charge is 0.337 e. The summed E-state index contributed by atoms with van der Waals surface area (Å²) in [5.74, 6) is 1.75. The molecule has 2 aliphatic rings. The van der Waals surface area contributed by atoms with Gasteiger partial charge in [0.1, 0.15) is 12.4 Å². The molecule has 2 fully saturated rings. The van der Waals surface area contributed by atoms with E-state index < -0.39 is 0 Å². The third-order valence-corrected chi connectivity index (χ3v) is 5.40. The van der Waals surface area contributed by atoms with E-state index in [9.17, 15) is 4.79 Å². The first kappa shape index (κ1) is 17.7. The van der Waals surface area contributed by atoms with Crippen LogP contribution in [0.25, 0.3) is 11.4 Å². The molecule has 29 heavy (non-hydrogen) atoms. The Morgan fingerprint density at radius 1 is 1.14 bits per heavy atom. The van der Waals surface area contributed by atoms with Crippen molar-refractivity contribution in [2.45, 2.75) is 25.4 Å². The number of pyridine rings is 1. The molecule has 2 amide bonds. The molecule has 8 nitrogen and oxygen atoms in total. The van der Waals surface area contributed by atoms with Crippen molar-refractivity contribution in [3.05, 3.63) is 54.6 Å². The van der Waals surface area contributed by atoms with Crippen LogP contribution in [0.15, 0.2) is 53.2 Å². The van der Waals surface area contributed by atoms with Crippen LogP contribution in [0.2, 0.25) is 0 Å². The molecule has 3 heterocycles.